The Bertz CT molecular complexity index is 634. The normalized spacial score (nSPS) is 11.9. The lowest BCUT2D eigenvalue weighted by Crippen LogP contribution is -2.27. The molecule has 9 heteroatoms. The van der Waals surface area contributed by atoms with Gasteiger partial charge < -0.3 is 5.11 Å². The van der Waals surface area contributed by atoms with Gasteiger partial charge >= 0.3 is 0 Å². The van der Waals surface area contributed by atoms with E-state index in [2.05, 4.69) is 15.0 Å². The molecule has 0 aliphatic heterocycles. The number of sulfonamides is 1. The molecule has 2 aromatic rings. The number of aryl methyl sites for hydroxylation is 1. The number of rotatable bonds is 6. The molecule has 2 heterocycles. The summed E-state index contributed by atoms with van der Waals surface area (Å²) in [6, 6.07) is 1.56. The number of aliphatic hydroxyl groups is 1. The molecule has 2 rings (SSSR count). The average Bonchev–Trinajstić information content (AvgIpc) is 2.98. The van der Waals surface area contributed by atoms with Crippen molar-refractivity contribution in [2.24, 2.45) is 0 Å². The van der Waals surface area contributed by atoms with Gasteiger partial charge in [0, 0.05) is 17.6 Å². The highest BCUT2D eigenvalue weighted by Gasteiger charge is 2.18. The van der Waals surface area contributed by atoms with Crippen LogP contribution in [0, 0.1) is 6.92 Å². The van der Waals surface area contributed by atoms with Crippen LogP contribution in [0.3, 0.4) is 0 Å². The summed E-state index contributed by atoms with van der Waals surface area (Å²) < 4.78 is 28.3. The molecule has 0 aromatic carbocycles. The Morgan fingerprint density at radius 3 is 2.89 bits per heavy atom. The molecule has 0 radical (unpaired) electrons. The van der Waals surface area contributed by atoms with Crippen LogP contribution in [0.5, 0.6) is 0 Å². The van der Waals surface area contributed by atoms with Gasteiger partial charge in [0.05, 0.1) is 19.3 Å². The van der Waals surface area contributed by atoms with E-state index in [0.717, 1.165) is 16.9 Å². The van der Waals surface area contributed by atoms with Gasteiger partial charge in [0.2, 0.25) is 10.0 Å². The number of nitrogens with zero attached hydrogens (tertiary/aromatic N) is 3. The predicted molar refractivity (Wildman–Crippen MR) is 70.2 cm³/mol. The minimum Gasteiger partial charge on any atom is -0.391 e. The molecule has 19 heavy (non-hydrogen) atoms. The van der Waals surface area contributed by atoms with Crippen LogP contribution in [0.4, 0.5) is 0 Å². The van der Waals surface area contributed by atoms with Crippen LogP contribution < -0.4 is 4.72 Å². The van der Waals surface area contributed by atoms with Gasteiger partial charge in [0.25, 0.3) is 0 Å². The zero-order valence-corrected chi connectivity index (χ0v) is 11.9. The highest BCUT2D eigenvalue weighted by molar-refractivity contribution is 7.91. The highest BCUT2D eigenvalue weighted by atomic mass is 32.2. The molecular formula is C10H14N4O3S2. The first-order chi connectivity index (χ1) is 9.03. The number of hydrogen-bond acceptors (Lipinski definition) is 6. The predicted octanol–water partition coefficient (Wildman–Crippen LogP) is 0.119. The van der Waals surface area contributed by atoms with Crippen molar-refractivity contribution in [3.8, 4) is 0 Å². The summed E-state index contributed by atoms with van der Waals surface area (Å²) in [6.07, 6.45) is 3.19. The quantitative estimate of drug-likeness (QED) is 0.790. The maximum atomic E-state index is 12.0. The Morgan fingerprint density at radius 1 is 1.53 bits per heavy atom. The van der Waals surface area contributed by atoms with Gasteiger partial charge in [-0.1, -0.05) is 5.21 Å². The van der Waals surface area contributed by atoms with E-state index in [4.69, 9.17) is 5.11 Å². The Labute approximate surface area is 114 Å². The molecule has 104 valence electrons. The van der Waals surface area contributed by atoms with Gasteiger partial charge in [0.15, 0.2) is 0 Å². The van der Waals surface area contributed by atoms with Gasteiger partial charge in [0.1, 0.15) is 4.21 Å². The lowest BCUT2D eigenvalue weighted by Gasteiger charge is -2.04. The van der Waals surface area contributed by atoms with Crippen LogP contribution in [0.2, 0.25) is 0 Å². The molecule has 0 atom stereocenters. The van der Waals surface area contributed by atoms with Gasteiger partial charge in [-0.2, -0.15) is 0 Å². The largest absolute Gasteiger partial charge is 0.391 e. The van der Waals surface area contributed by atoms with Gasteiger partial charge in [-0.15, -0.1) is 16.4 Å². The maximum Gasteiger partial charge on any atom is 0.250 e. The van der Waals surface area contributed by atoms with Crippen molar-refractivity contribution in [2.75, 3.05) is 6.54 Å². The third kappa shape index (κ3) is 3.38. The van der Waals surface area contributed by atoms with E-state index in [9.17, 15) is 8.42 Å². The summed E-state index contributed by atoms with van der Waals surface area (Å²) in [5.74, 6) is 0. The average molecular weight is 302 g/mol. The Morgan fingerprint density at radius 2 is 2.32 bits per heavy atom. The van der Waals surface area contributed by atoms with Gasteiger partial charge in [-0.3, -0.25) is 4.68 Å². The Kier molecular flexibility index (Phi) is 4.30. The zero-order chi connectivity index (χ0) is 13.9. The summed E-state index contributed by atoms with van der Waals surface area (Å²) in [6.45, 7) is 2.27. The second kappa shape index (κ2) is 5.78. The first kappa shape index (κ1) is 14.1. The summed E-state index contributed by atoms with van der Waals surface area (Å²) in [4.78, 5) is 0.664. The van der Waals surface area contributed by atoms with E-state index < -0.39 is 10.0 Å². The number of aromatic nitrogens is 3. The molecule has 0 amide bonds. The molecule has 7 nitrogen and oxygen atoms in total. The second-order valence-corrected chi connectivity index (χ2v) is 7.02. The van der Waals surface area contributed by atoms with Gasteiger partial charge in [-0.05, 0) is 18.6 Å². The fourth-order valence-electron chi connectivity index (χ4n) is 1.50. The van der Waals surface area contributed by atoms with Crippen molar-refractivity contribution in [1.82, 2.24) is 19.7 Å². The van der Waals surface area contributed by atoms with Crippen LogP contribution in [-0.2, 0) is 23.2 Å². The summed E-state index contributed by atoms with van der Waals surface area (Å²) in [5.41, 5.74) is 0.782. The van der Waals surface area contributed by atoms with Crippen molar-refractivity contribution < 1.29 is 13.5 Å². The monoisotopic (exact) mass is 302 g/mol. The summed E-state index contributed by atoms with van der Waals surface area (Å²) in [7, 11) is -3.53. The van der Waals surface area contributed by atoms with E-state index >= 15 is 0 Å². The smallest absolute Gasteiger partial charge is 0.250 e. The number of hydrogen-bond donors (Lipinski definition) is 2. The second-order valence-electron chi connectivity index (χ2n) is 3.89. The number of aliphatic hydroxyl groups excluding tert-OH is 1. The molecule has 2 aromatic heterocycles. The molecule has 0 spiro atoms. The van der Waals surface area contributed by atoms with Crippen molar-refractivity contribution in [1.29, 1.82) is 0 Å². The standard InChI is InChI=1S/C10H14N4O3S2/c1-8-6-10(18-9(8)7-15)19(16,17)12-3-5-14-4-2-11-13-14/h2,4,6,12,15H,3,5,7H2,1H3. The van der Waals surface area contributed by atoms with E-state index in [-0.39, 0.29) is 17.4 Å². The van der Waals surface area contributed by atoms with Crippen LogP contribution >= 0.6 is 11.3 Å². The lowest BCUT2D eigenvalue weighted by molar-refractivity contribution is 0.285. The molecule has 2 N–H and O–H groups in total. The fraction of sp³-hybridized carbons (Fsp3) is 0.400. The topological polar surface area (TPSA) is 97.1 Å². The summed E-state index contributed by atoms with van der Waals surface area (Å²) >= 11 is 1.08. The fourth-order valence-corrected chi connectivity index (χ4v) is 4.01. The molecule has 0 saturated heterocycles. The van der Waals surface area contributed by atoms with Crippen molar-refractivity contribution in [3.63, 3.8) is 0 Å². The Hall–Kier alpha value is -1.29. The number of nitrogens with one attached hydrogen (secondary N) is 1. The van der Waals surface area contributed by atoms with E-state index in [1.165, 1.54) is 6.20 Å². The van der Waals surface area contributed by atoms with Crippen LogP contribution in [-0.4, -0.2) is 35.1 Å². The number of thiophene rings is 1. The minimum absolute atomic E-state index is 0.148. The van der Waals surface area contributed by atoms with Crippen LogP contribution in [0.15, 0.2) is 22.7 Å². The molecule has 0 aliphatic rings. The van der Waals surface area contributed by atoms with E-state index in [1.807, 2.05) is 0 Å². The van der Waals surface area contributed by atoms with Crippen molar-refractivity contribution in [2.45, 2.75) is 24.3 Å². The Balaban J connectivity index is 2.01. The first-order valence-corrected chi connectivity index (χ1v) is 7.87. The van der Waals surface area contributed by atoms with Crippen molar-refractivity contribution in [3.05, 3.63) is 28.9 Å². The minimum atomic E-state index is -3.53. The maximum absolute atomic E-state index is 12.0. The molecular weight excluding hydrogens is 288 g/mol. The van der Waals surface area contributed by atoms with Crippen LogP contribution in [0.1, 0.15) is 10.4 Å². The van der Waals surface area contributed by atoms with Crippen molar-refractivity contribution >= 4 is 21.4 Å². The first-order valence-electron chi connectivity index (χ1n) is 5.57. The third-order valence-corrected chi connectivity index (χ3v) is 5.67. The molecule has 0 saturated carbocycles. The lowest BCUT2D eigenvalue weighted by atomic mass is 10.3. The third-order valence-electron chi connectivity index (χ3n) is 2.51. The molecule has 0 aliphatic carbocycles. The SMILES string of the molecule is Cc1cc(S(=O)(=O)NCCn2ccnn2)sc1CO. The van der Waals surface area contributed by atoms with E-state index in [0.29, 0.717) is 11.4 Å². The van der Waals surface area contributed by atoms with E-state index in [1.54, 1.807) is 23.9 Å². The molecule has 0 unspecified atom stereocenters. The highest BCUT2D eigenvalue weighted by Crippen LogP contribution is 2.25. The van der Waals surface area contributed by atoms with Crippen LogP contribution in [0.25, 0.3) is 0 Å². The van der Waals surface area contributed by atoms with Gasteiger partial charge in [-0.25, -0.2) is 13.1 Å². The molecule has 0 fully saturated rings. The molecule has 0 bridgehead atoms. The zero-order valence-electron chi connectivity index (χ0n) is 10.3. The summed E-state index contributed by atoms with van der Waals surface area (Å²) in [5, 5.41) is 16.4.